The Balaban J connectivity index is 1.54. The van der Waals surface area contributed by atoms with Crippen LogP contribution in [-0.2, 0) is 20.9 Å². The van der Waals surface area contributed by atoms with Gasteiger partial charge in [-0.25, -0.2) is 0 Å². The number of nitro groups is 1. The van der Waals surface area contributed by atoms with Gasteiger partial charge in [0, 0.05) is 24.5 Å². The summed E-state index contributed by atoms with van der Waals surface area (Å²) in [7, 11) is 0. The van der Waals surface area contributed by atoms with Gasteiger partial charge in [0.15, 0.2) is 0 Å². The zero-order chi connectivity index (χ0) is 14.3. The third-order valence-electron chi connectivity index (χ3n) is 4.06. The Labute approximate surface area is 114 Å². The Bertz CT molecular complexity index is 580. The Hall–Kier alpha value is -2.24. The van der Waals surface area contributed by atoms with Crippen molar-refractivity contribution in [2.24, 2.45) is 17.8 Å². The molecule has 0 aliphatic heterocycles. The van der Waals surface area contributed by atoms with Crippen molar-refractivity contribution in [3.8, 4) is 0 Å². The van der Waals surface area contributed by atoms with Gasteiger partial charge in [-0.3, -0.25) is 19.7 Å². The molecule has 0 amide bonds. The molecule has 20 heavy (non-hydrogen) atoms. The van der Waals surface area contributed by atoms with E-state index in [0.717, 1.165) is 6.42 Å². The van der Waals surface area contributed by atoms with E-state index in [2.05, 4.69) is 0 Å². The average Bonchev–Trinajstić information content (AvgIpc) is 3.06. The van der Waals surface area contributed by atoms with Gasteiger partial charge in [0.1, 0.15) is 12.4 Å². The van der Waals surface area contributed by atoms with Crippen LogP contribution in [0.2, 0.25) is 0 Å². The van der Waals surface area contributed by atoms with Crippen LogP contribution in [0.15, 0.2) is 24.3 Å². The third-order valence-corrected chi connectivity index (χ3v) is 4.06. The van der Waals surface area contributed by atoms with Gasteiger partial charge >= 0.3 is 5.97 Å². The fourth-order valence-electron chi connectivity index (χ4n) is 2.93. The largest absolute Gasteiger partial charge is 0.461 e. The number of hydrogen-bond donors (Lipinski definition) is 0. The molecule has 2 aliphatic rings. The van der Waals surface area contributed by atoms with E-state index in [0.29, 0.717) is 12.0 Å². The van der Waals surface area contributed by atoms with Gasteiger partial charge < -0.3 is 4.74 Å². The summed E-state index contributed by atoms with van der Waals surface area (Å²) in [5.74, 6) is -0.334. The SMILES string of the molecule is O=C1CCC2C1C2C(=O)OCc1ccc([N+](=O)[O-])cc1. The van der Waals surface area contributed by atoms with Gasteiger partial charge in [0.05, 0.1) is 10.8 Å². The van der Waals surface area contributed by atoms with Crippen molar-refractivity contribution in [3.05, 3.63) is 39.9 Å². The maximum absolute atomic E-state index is 11.8. The summed E-state index contributed by atoms with van der Waals surface area (Å²) in [6.07, 6.45) is 1.38. The molecule has 1 aromatic carbocycles. The molecule has 2 fully saturated rings. The first-order valence-electron chi connectivity index (χ1n) is 6.50. The number of hydrogen-bond acceptors (Lipinski definition) is 5. The van der Waals surface area contributed by atoms with E-state index in [4.69, 9.17) is 4.74 Å². The summed E-state index contributed by atoms with van der Waals surface area (Å²) in [6.45, 7) is 0.0843. The number of carbonyl (C=O) groups excluding carboxylic acids is 2. The molecular weight excluding hydrogens is 262 g/mol. The van der Waals surface area contributed by atoms with Gasteiger partial charge in [-0.05, 0) is 30.0 Å². The van der Waals surface area contributed by atoms with E-state index >= 15 is 0 Å². The van der Waals surface area contributed by atoms with Crippen LogP contribution in [0.5, 0.6) is 0 Å². The molecule has 0 heterocycles. The van der Waals surface area contributed by atoms with Crippen LogP contribution in [0.1, 0.15) is 18.4 Å². The molecule has 6 heteroatoms. The van der Waals surface area contributed by atoms with Crippen LogP contribution in [0.3, 0.4) is 0 Å². The molecule has 0 bridgehead atoms. The number of ether oxygens (including phenoxy) is 1. The van der Waals surface area contributed by atoms with E-state index in [9.17, 15) is 19.7 Å². The molecule has 0 radical (unpaired) electrons. The molecule has 104 valence electrons. The van der Waals surface area contributed by atoms with Crippen molar-refractivity contribution < 1.29 is 19.2 Å². The highest BCUT2D eigenvalue weighted by Crippen LogP contribution is 2.55. The molecule has 3 atom stereocenters. The Kier molecular flexibility index (Phi) is 3.00. The van der Waals surface area contributed by atoms with Crippen LogP contribution in [0.25, 0.3) is 0 Å². The van der Waals surface area contributed by atoms with Crippen LogP contribution in [0.4, 0.5) is 5.69 Å². The summed E-state index contributed by atoms with van der Waals surface area (Å²) in [5.41, 5.74) is 0.698. The first kappa shape index (κ1) is 12.8. The summed E-state index contributed by atoms with van der Waals surface area (Å²) >= 11 is 0. The van der Waals surface area contributed by atoms with Crippen molar-refractivity contribution in [1.82, 2.24) is 0 Å². The molecule has 0 aromatic heterocycles. The second-order valence-electron chi connectivity index (χ2n) is 5.25. The topological polar surface area (TPSA) is 86.5 Å². The number of rotatable bonds is 4. The van der Waals surface area contributed by atoms with Crippen LogP contribution >= 0.6 is 0 Å². The number of carbonyl (C=O) groups is 2. The molecule has 6 nitrogen and oxygen atoms in total. The number of fused-ring (bicyclic) bond motifs is 1. The lowest BCUT2D eigenvalue weighted by molar-refractivity contribution is -0.384. The van der Waals surface area contributed by atoms with E-state index in [1.807, 2.05) is 0 Å². The molecule has 1 aromatic rings. The summed E-state index contributed by atoms with van der Waals surface area (Å²) in [6, 6.07) is 5.87. The van der Waals surface area contributed by atoms with Gasteiger partial charge in [0.25, 0.3) is 5.69 Å². The monoisotopic (exact) mass is 275 g/mol. The van der Waals surface area contributed by atoms with E-state index in [1.165, 1.54) is 12.1 Å². The summed E-state index contributed by atoms with van der Waals surface area (Å²) in [4.78, 5) is 33.3. The maximum Gasteiger partial charge on any atom is 0.310 e. The lowest BCUT2D eigenvalue weighted by Crippen LogP contribution is -2.13. The van der Waals surface area contributed by atoms with Gasteiger partial charge in [-0.15, -0.1) is 0 Å². The highest BCUT2D eigenvalue weighted by atomic mass is 16.6. The lowest BCUT2D eigenvalue weighted by atomic mass is 10.1. The standard InChI is InChI=1S/C14H13NO5/c16-11-6-5-10-12(11)13(10)14(17)20-7-8-1-3-9(4-2-8)15(18)19/h1-4,10,12-13H,5-7H2. The molecule has 3 unspecified atom stereocenters. The minimum atomic E-state index is -0.479. The summed E-state index contributed by atoms with van der Waals surface area (Å²) < 4.78 is 5.18. The second-order valence-corrected chi connectivity index (χ2v) is 5.25. The average molecular weight is 275 g/mol. The van der Waals surface area contributed by atoms with Crippen molar-refractivity contribution in [2.45, 2.75) is 19.4 Å². The molecule has 0 spiro atoms. The van der Waals surface area contributed by atoms with Gasteiger partial charge in [0.2, 0.25) is 0 Å². The lowest BCUT2D eigenvalue weighted by Gasteiger charge is -2.05. The van der Waals surface area contributed by atoms with Crippen LogP contribution in [0, 0.1) is 27.9 Å². The van der Waals surface area contributed by atoms with Crippen molar-refractivity contribution >= 4 is 17.4 Å². The zero-order valence-electron chi connectivity index (χ0n) is 10.7. The van der Waals surface area contributed by atoms with E-state index in [1.54, 1.807) is 12.1 Å². The Morgan fingerprint density at radius 2 is 2.05 bits per heavy atom. The normalized spacial score (nSPS) is 27.0. The predicted octanol–water partition coefficient (Wildman–Crippen LogP) is 1.86. The highest BCUT2D eigenvalue weighted by molar-refractivity contribution is 5.94. The Morgan fingerprint density at radius 3 is 2.60 bits per heavy atom. The fourth-order valence-corrected chi connectivity index (χ4v) is 2.93. The van der Waals surface area contributed by atoms with Gasteiger partial charge in [-0.2, -0.15) is 0 Å². The molecule has 0 saturated heterocycles. The number of benzene rings is 1. The van der Waals surface area contributed by atoms with Crippen LogP contribution < -0.4 is 0 Å². The molecular formula is C14H13NO5. The molecule has 2 aliphatic carbocycles. The number of esters is 1. The smallest absolute Gasteiger partial charge is 0.310 e. The minimum absolute atomic E-state index is 0.00222. The quantitative estimate of drug-likeness (QED) is 0.475. The Morgan fingerprint density at radius 1 is 1.35 bits per heavy atom. The molecule has 3 rings (SSSR count). The highest BCUT2D eigenvalue weighted by Gasteiger charge is 2.62. The first-order valence-corrected chi connectivity index (χ1v) is 6.50. The van der Waals surface area contributed by atoms with Gasteiger partial charge in [-0.1, -0.05) is 0 Å². The van der Waals surface area contributed by atoms with Crippen molar-refractivity contribution in [2.75, 3.05) is 0 Å². The van der Waals surface area contributed by atoms with Crippen molar-refractivity contribution in [1.29, 1.82) is 0 Å². The molecule has 0 N–H and O–H groups in total. The maximum atomic E-state index is 11.8. The second kappa shape index (κ2) is 4.70. The number of Topliss-reactive ketones (excluding diaryl/α,β-unsaturated/α-hetero) is 1. The number of nitro benzene ring substituents is 1. The fraction of sp³-hybridized carbons (Fsp3) is 0.429. The first-order chi connectivity index (χ1) is 9.58. The zero-order valence-corrected chi connectivity index (χ0v) is 10.7. The van der Waals surface area contributed by atoms with Crippen LogP contribution in [-0.4, -0.2) is 16.7 Å². The minimum Gasteiger partial charge on any atom is -0.461 e. The van der Waals surface area contributed by atoms with Crippen molar-refractivity contribution in [3.63, 3.8) is 0 Å². The number of ketones is 1. The van der Waals surface area contributed by atoms with E-state index in [-0.39, 0.29) is 41.8 Å². The summed E-state index contributed by atoms with van der Waals surface area (Å²) in [5, 5.41) is 10.5. The van der Waals surface area contributed by atoms with E-state index < -0.39 is 4.92 Å². The molecule has 2 saturated carbocycles. The third kappa shape index (κ3) is 2.17. The predicted molar refractivity (Wildman–Crippen MR) is 67.6 cm³/mol. The number of nitrogens with zero attached hydrogens (tertiary/aromatic N) is 1. The number of non-ortho nitro benzene ring substituents is 1.